The van der Waals surface area contributed by atoms with Gasteiger partial charge in [0.2, 0.25) is 0 Å². The Morgan fingerprint density at radius 3 is 1.97 bits per heavy atom. The number of hydrogen-bond acceptors (Lipinski definition) is 3. The molecule has 0 unspecified atom stereocenters. The molecule has 2 aromatic carbocycles. The van der Waals surface area contributed by atoms with Crippen molar-refractivity contribution < 1.29 is 49.3 Å². The van der Waals surface area contributed by atoms with Gasteiger partial charge in [0.25, 0.3) is 0 Å². The van der Waals surface area contributed by atoms with Gasteiger partial charge in [-0.3, -0.25) is 0 Å². The first-order valence-electron chi connectivity index (χ1n) is 10.1. The van der Waals surface area contributed by atoms with Gasteiger partial charge in [-0.2, -0.15) is 17.6 Å². The molecule has 1 saturated heterocycles. The molecule has 0 spiro atoms. The van der Waals surface area contributed by atoms with Gasteiger partial charge in [-0.15, -0.1) is 0 Å². The quantitative estimate of drug-likeness (QED) is 0.402. The minimum atomic E-state index is -5.16. The number of aryl methyl sites for hydroxylation is 1. The Hall–Kier alpha value is -2.40. The molecule has 182 valence electrons. The SMILES string of the molecule is CCC1COC(CCc2cc(F)c(-c3cc(F)c(OC(F)(F)C(F)F)c(F)c3)c(F)c2)OC1. The first-order chi connectivity index (χ1) is 15.5. The molecule has 0 atom stereocenters. The first kappa shape index (κ1) is 25.2. The lowest BCUT2D eigenvalue weighted by molar-refractivity contribution is -0.255. The summed E-state index contributed by atoms with van der Waals surface area (Å²) in [6.07, 6.45) is -8.63. The predicted molar refractivity (Wildman–Crippen MR) is 101 cm³/mol. The summed E-state index contributed by atoms with van der Waals surface area (Å²) >= 11 is 0. The fourth-order valence-corrected chi connectivity index (χ4v) is 3.30. The van der Waals surface area contributed by atoms with E-state index in [9.17, 15) is 35.1 Å². The molecule has 0 aromatic heterocycles. The lowest BCUT2D eigenvalue weighted by Gasteiger charge is -2.28. The molecule has 33 heavy (non-hydrogen) atoms. The topological polar surface area (TPSA) is 27.7 Å². The van der Waals surface area contributed by atoms with Crippen LogP contribution in [-0.4, -0.2) is 32.0 Å². The van der Waals surface area contributed by atoms with E-state index in [2.05, 4.69) is 4.74 Å². The van der Waals surface area contributed by atoms with Crippen LogP contribution in [0.1, 0.15) is 25.3 Å². The van der Waals surface area contributed by atoms with Gasteiger partial charge < -0.3 is 14.2 Å². The fourth-order valence-electron chi connectivity index (χ4n) is 3.30. The van der Waals surface area contributed by atoms with E-state index in [1.165, 1.54) is 0 Å². The number of benzene rings is 2. The molecule has 1 aliphatic heterocycles. The van der Waals surface area contributed by atoms with Crippen LogP contribution in [0.2, 0.25) is 0 Å². The normalized spacial score (nSPS) is 19.2. The number of ether oxygens (including phenoxy) is 3. The maximum absolute atomic E-state index is 14.6. The van der Waals surface area contributed by atoms with E-state index in [-0.39, 0.29) is 17.9 Å². The monoisotopic (exact) mass is 484 g/mol. The molecule has 1 aliphatic rings. The maximum Gasteiger partial charge on any atom is 0.461 e. The molecule has 0 saturated carbocycles. The van der Waals surface area contributed by atoms with Gasteiger partial charge in [0.05, 0.1) is 18.8 Å². The van der Waals surface area contributed by atoms with Gasteiger partial charge in [0, 0.05) is 12.3 Å². The highest BCUT2D eigenvalue weighted by molar-refractivity contribution is 5.66. The van der Waals surface area contributed by atoms with Crippen LogP contribution < -0.4 is 4.74 Å². The third-order valence-corrected chi connectivity index (χ3v) is 5.16. The summed E-state index contributed by atoms with van der Waals surface area (Å²) in [5, 5.41) is 0. The molecule has 3 rings (SSSR count). The van der Waals surface area contributed by atoms with Crippen molar-refractivity contribution in [2.75, 3.05) is 13.2 Å². The van der Waals surface area contributed by atoms with Crippen LogP contribution in [0.4, 0.5) is 35.1 Å². The lowest BCUT2D eigenvalue weighted by atomic mass is 9.99. The van der Waals surface area contributed by atoms with Crippen molar-refractivity contribution in [2.45, 2.75) is 45.0 Å². The molecule has 2 aromatic rings. The van der Waals surface area contributed by atoms with Gasteiger partial charge in [0.15, 0.2) is 23.7 Å². The zero-order valence-corrected chi connectivity index (χ0v) is 17.3. The van der Waals surface area contributed by atoms with Gasteiger partial charge in [-0.05, 0) is 48.2 Å². The van der Waals surface area contributed by atoms with E-state index in [1.807, 2.05) is 6.92 Å². The number of hydrogen-bond donors (Lipinski definition) is 0. The molecule has 1 fully saturated rings. The smallest absolute Gasteiger partial charge is 0.422 e. The van der Waals surface area contributed by atoms with E-state index in [1.54, 1.807) is 0 Å². The summed E-state index contributed by atoms with van der Waals surface area (Å²) in [6.45, 7) is 3.04. The van der Waals surface area contributed by atoms with Crippen molar-refractivity contribution in [1.29, 1.82) is 0 Å². The lowest BCUT2D eigenvalue weighted by Crippen LogP contribution is -2.34. The number of rotatable bonds is 8. The highest BCUT2D eigenvalue weighted by Crippen LogP contribution is 2.36. The summed E-state index contributed by atoms with van der Waals surface area (Å²) < 4.78 is 122. The molecule has 0 amide bonds. The standard InChI is InChI=1S/C22H20F8O3/c1-2-11-9-31-18(32-10-11)4-3-12-5-14(23)19(15(24)6-12)13-7-16(25)20(17(26)8-13)33-22(29,30)21(27)28/h5-8,11,18,21H,2-4,9-10H2,1H3. The van der Waals surface area contributed by atoms with Crippen LogP contribution in [0.25, 0.3) is 11.1 Å². The predicted octanol–water partition coefficient (Wildman–Crippen LogP) is 6.48. The molecule has 0 N–H and O–H groups in total. The van der Waals surface area contributed by atoms with E-state index < -0.39 is 59.0 Å². The average Bonchev–Trinajstić information content (AvgIpc) is 2.74. The second kappa shape index (κ2) is 10.3. The van der Waals surface area contributed by atoms with Crippen LogP contribution in [0.3, 0.4) is 0 Å². The molecule has 0 radical (unpaired) electrons. The van der Waals surface area contributed by atoms with Gasteiger partial charge >= 0.3 is 12.5 Å². The Morgan fingerprint density at radius 1 is 0.939 bits per heavy atom. The van der Waals surface area contributed by atoms with E-state index in [0.29, 0.717) is 31.8 Å². The van der Waals surface area contributed by atoms with Crippen molar-refractivity contribution in [1.82, 2.24) is 0 Å². The Bertz CT molecular complexity index is 928. The largest absolute Gasteiger partial charge is 0.461 e. The van der Waals surface area contributed by atoms with Gasteiger partial charge in [-0.25, -0.2) is 17.6 Å². The van der Waals surface area contributed by atoms with Crippen LogP contribution in [-0.2, 0) is 15.9 Å². The Morgan fingerprint density at radius 2 is 1.48 bits per heavy atom. The molecule has 11 heteroatoms. The summed E-state index contributed by atoms with van der Waals surface area (Å²) in [5.41, 5.74) is -1.25. The average molecular weight is 484 g/mol. The van der Waals surface area contributed by atoms with Crippen LogP contribution in [0.15, 0.2) is 24.3 Å². The molecule has 0 bridgehead atoms. The summed E-state index contributed by atoms with van der Waals surface area (Å²) in [5.74, 6) is -7.48. The highest BCUT2D eigenvalue weighted by Gasteiger charge is 2.45. The van der Waals surface area contributed by atoms with Crippen molar-refractivity contribution >= 4 is 0 Å². The summed E-state index contributed by atoms with van der Waals surface area (Å²) in [4.78, 5) is 0. The van der Waals surface area contributed by atoms with Crippen molar-refractivity contribution in [3.05, 3.63) is 53.1 Å². The van der Waals surface area contributed by atoms with Crippen molar-refractivity contribution in [3.8, 4) is 16.9 Å². The molecular weight excluding hydrogens is 464 g/mol. The van der Waals surface area contributed by atoms with Gasteiger partial charge in [0.1, 0.15) is 11.6 Å². The highest BCUT2D eigenvalue weighted by atomic mass is 19.3. The Labute approximate surface area is 184 Å². The second-order valence-electron chi connectivity index (χ2n) is 7.58. The zero-order chi connectivity index (χ0) is 24.3. The summed E-state index contributed by atoms with van der Waals surface area (Å²) in [7, 11) is 0. The Balaban J connectivity index is 1.77. The third-order valence-electron chi connectivity index (χ3n) is 5.16. The number of alkyl halides is 4. The maximum atomic E-state index is 14.6. The molecule has 1 heterocycles. The fraction of sp³-hybridized carbons (Fsp3) is 0.455. The van der Waals surface area contributed by atoms with E-state index in [4.69, 9.17) is 9.47 Å². The van der Waals surface area contributed by atoms with Crippen molar-refractivity contribution in [3.63, 3.8) is 0 Å². The minimum absolute atomic E-state index is 0.188. The van der Waals surface area contributed by atoms with Crippen LogP contribution >= 0.6 is 0 Å². The third kappa shape index (κ3) is 5.94. The Kier molecular flexibility index (Phi) is 7.84. The second-order valence-corrected chi connectivity index (χ2v) is 7.58. The minimum Gasteiger partial charge on any atom is -0.422 e. The van der Waals surface area contributed by atoms with Crippen LogP contribution in [0.5, 0.6) is 5.75 Å². The zero-order valence-electron chi connectivity index (χ0n) is 17.3. The van der Waals surface area contributed by atoms with Gasteiger partial charge in [-0.1, -0.05) is 6.92 Å². The number of halogens is 8. The van der Waals surface area contributed by atoms with Crippen molar-refractivity contribution in [2.24, 2.45) is 5.92 Å². The first-order valence-corrected chi connectivity index (χ1v) is 10.1. The van der Waals surface area contributed by atoms with E-state index in [0.717, 1.165) is 18.6 Å². The molecular formula is C22H20F8O3. The molecule has 0 aliphatic carbocycles. The summed E-state index contributed by atoms with van der Waals surface area (Å²) in [6, 6.07) is 2.55. The molecule has 3 nitrogen and oxygen atoms in total. The van der Waals surface area contributed by atoms with E-state index >= 15 is 0 Å². The van der Waals surface area contributed by atoms with Crippen LogP contribution in [0, 0.1) is 29.2 Å².